The normalized spacial score (nSPS) is 14.3. The summed E-state index contributed by atoms with van der Waals surface area (Å²) in [5.74, 6) is 1.71. The Hall–Kier alpha value is -11.5. The number of anilines is 11. The predicted octanol–water partition coefficient (Wildman–Crippen LogP) is 22.0. The van der Waals surface area contributed by atoms with Crippen LogP contribution in [-0.4, -0.2) is 38.9 Å². The lowest BCUT2D eigenvalue weighted by atomic mass is 9.29. The zero-order valence-corrected chi connectivity index (χ0v) is 68.0. The molecule has 15 heteroatoms. The van der Waals surface area contributed by atoms with Crippen molar-refractivity contribution in [2.45, 2.75) is 78.6 Å². The summed E-state index contributed by atoms with van der Waals surface area (Å²) in [5, 5.41) is 11.0. The summed E-state index contributed by atoms with van der Waals surface area (Å²) in [6, 6.07) is 93.4. The van der Waals surface area contributed by atoms with Crippen LogP contribution >= 0.6 is 35.8 Å². The standard InChI is InChI=1S/C99H78B3N5O4S3/c1-97(2,3)67-37-23-34-64-61-31-20-28-58(91(61)109-94(64)67)54-44-77-88-82(45-54)104(57-26-14-13-15-27-57)78-42-18-16-40-70(78)100(88)72-50-73-79(52-76(72)103-77)105(112-10)83-46-55(59-29-21-32-62-65-35-24-38-68(98(4,5)6)95(65)110-92(59)62)47-84-89(83)102(73)75-51-74-80(53-81(75)106(84)113-11)107(114-12)85-48-56(49-87-90(85)101(74)71-41-17-19-43-86(71)108-87)60-30-22-33-63-66-36-25-39-69(99(7,8)9)96(66)111-93(60)63/h13-53,103H,1-12H3. The maximum Gasteiger partial charge on any atom is 0.256 e. The lowest BCUT2D eigenvalue weighted by Gasteiger charge is -2.46. The summed E-state index contributed by atoms with van der Waals surface area (Å²) in [6.07, 6.45) is 6.72. The van der Waals surface area contributed by atoms with Gasteiger partial charge in [0.15, 0.2) is 0 Å². The minimum atomic E-state index is -0.233. The van der Waals surface area contributed by atoms with E-state index in [1.54, 1.807) is 35.8 Å². The maximum atomic E-state index is 7.32. The Morgan fingerprint density at radius 3 is 1.20 bits per heavy atom. The fraction of sp³-hybridized carbons (Fsp3) is 0.152. The zero-order chi connectivity index (χ0) is 77.0. The molecule has 0 saturated heterocycles. The molecule has 6 aliphatic rings. The quantitative estimate of drug-likeness (QED) is 0.122. The highest BCUT2D eigenvalue weighted by Gasteiger charge is 2.50. The van der Waals surface area contributed by atoms with E-state index in [9.17, 15) is 0 Å². The molecule has 0 atom stereocenters. The third-order valence-corrected chi connectivity index (χ3v) is 27.4. The molecular weight excluding hydrogens is 1450 g/mol. The largest absolute Gasteiger partial charge is 0.458 e. The van der Waals surface area contributed by atoms with Gasteiger partial charge >= 0.3 is 0 Å². The van der Waals surface area contributed by atoms with E-state index in [1.807, 2.05) is 0 Å². The van der Waals surface area contributed by atoms with E-state index in [-0.39, 0.29) is 36.4 Å². The van der Waals surface area contributed by atoms with Gasteiger partial charge in [-0.2, -0.15) is 0 Å². The Morgan fingerprint density at radius 2 is 0.693 bits per heavy atom. The van der Waals surface area contributed by atoms with Crippen molar-refractivity contribution in [2.75, 3.05) is 41.9 Å². The molecule has 0 saturated carbocycles. The zero-order valence-electron chi connectivity index (χ0n) is 65.6. The van der Waals surface area contributed by atoms with Gasteiger partial charge in [-0.15, -0.1) is 0 Å². The predicted molar refractivity (Wildman–Crippen MR) is 492 cm³/mol. The third kappa shape index (κ3) is 9.57. The maximum absolute atomic E-state index is 7.32. The van der Waals surface area contributed by atoms with E-state index in [4.69, 9.17) is 18.0 Å². The van der Waals surface area contributed by atoms with Crippen LogP contribution < -0.4 is 77.0 Å². The molecule has 9 heterocycles. The number of fused-ring (bicyclic) bond motifs is 21. The molecule has 23 rings (SSSR count). The van der Waals surface area contributed by atoms with Crippen molar-refractivity contribution < 1.29 is 18.0 Å². The minimum Gasteiger partial charge on any atom is -0.458 e. The second-order valence-electron chi connectivity index (χ2n) is 34.6. The van der Waals surface area contributed by atoms with Crippen molar-refractivity contribution in [1.82, 2.24) is 0 Å². The van der Waals surface area contributed by atoms with Crippen LogP contribution in [0.25, 0.3) is 99.2 Å². The van der Waals surface area contributed by atoms with Crippen molar-refractivity contribution in [2.24, 2.45) is 0 Å². The van der Waals surface area contributed by atoms with Crippen molar-refractivity contribution in [1.29, 1.82) is 0 Å². The van der Waals surface area contributed by atoms with E-state index in [2.05, 4.69) is 353 Å². The highest BCUT2D eigenvalue weighted by atomic mass is 32.2. The van der Waals surface area contributed by atoms with E-state index in [0.717, 1.165) is 184 Å². The molecule has 550 valence electrons. The molecule has 1 N–H and O–H groups in total. The number of nitrogens with one attached hydrogen (secondary N) is 1. The van der Waals surface area contributed by atoms with Crippen LogP contribution in [0.1, 0.15) is 79.0 Å². The first kappa shape index (κ1) is 68.1. The summed E-state index contributed by atoms with van der Waals surface area (Å²) in [7, 11) is 0. The van der Waals surface area contributed by atoms with Crippen molar-refractivity contribution in [3.63, 3.8) is 0 Å². The van der Waals surface area contributed by atoms with Gasteiger partial charge in [-0.1, -0.05) is 238 Å². The number of rotatable bonds is 7. The van der Waals surface area contributed by atoms with Gasteiger partial charge < -0.3 is 28.2 Å². The van der Waals surface area contributed by atoms with Gasteiger partial charge in [0.1, 0.15) is 45.0 Å². The summed E-state index contributed by atoms with van der Waals surface area (Å²) in [6.45, 7) is 19.9. The topological polar surface area (TPSA) is 73.6 Å². The summed E-state index contributed by atoms with van der Waals surface area (Å²) in [4.78, 5) is 2.50. The lowest BCUT2D eigenvalue weighted by Crippen LogP contribution is -2.66. The fourth-order valence-electron chi connectivity index (χ4n) is 20.2. The van der Waals surface area contributed by atoms with Crippen LogP contribution in [0, 0.1) is 0 Å². The van der Waals surface area contributed by atoms with Gasteiger partial charge in [0.25, 0.3) is 20.1 Å². The molecule has 14 aromatic carbocycles. The Kier molecular flexibility index (Phi) is 14.5. The van der Waals surface area contributed by atoms with Gasteiger partial charge in [0.05, 0.1) is 17.1 Å². The molecule has 3 aromatic heterocycles. The molecule has 0 unspecified atom stereocenters. The highest BCUT2D eigenvalue weighted by molar-refractivity contribution is 8.01. The van der Waals surface area contributed by atoms with Crippen LogP contribution in [0.2, 0.25) is 0 Å². The Bertz CT molecular complexity index is 7110. The van der Waals surface area contributed by atoms with Crippen LogP contribution in [0.5, 0.6) is 11.5 Å². The first-order valence-corrected chi connectivity index (χ1v) is 43.1. The summed E-state index contributed by atoms with van der Waals surface area (Å²) < 4.78 is 36.6. The average Bonchev–Trinajstić information content (AvgIpc) is 0.964. The molecule has 9 nitrogen and oxygen atoms in total. The second-order valence-corrected chi connectivity index (χ2v) is 36.8. The van der Waals surface area contributed by atoms with Crippen molar-refractivity contribution in [3.05, 3.63) is 265 Å². The van der Waals surface area contributed by atoms with Crippen LogP contribution in [0.3, 0.4) is 0 Å². The molecule has 0 amide bonds. The molecule has 6 aliphatic heterocycles. The molecular formula is C99H78B3N5O4S3. The van der Waals surface area contributed by atoms with Gasteiger partial charge in [0.2, 0.25) is 0 Å². The molecule has 0 radical (unpaired) electrons. The summed E-state index contributed by atoms with van der Waals surface area (Å²) >= 11 is 5.28. The van der Waals surface area contributed by atoms with Crippen molar-refractivity contribution in [3.8, 4) is 44.9 Å². The highest BCUT2D eigenvalue weighted by Crippen LogP contribution is 2.53. The minimum absolute atomic E-state index is 0.124. The number of hydrogen-bond acceptors (Lipinski definition) is 12. The van der Waals surface area contributed by atoms with E-state index >= 15 is 0 Å². The lowest BCUT2D eigenvalue weighted by molar-refractivity contribution is 0.488. The number of ether oxygens (including phenoxy) is 1. The van der Waals surface area contributed by atoms with Crippen molar-refractivity contribution >= 4 is 234 Å². The fourth-order valence-corrected chi connectivity index (χ4v) is 22.3. The smallest absolute Gasteiger partial charge is 0.256 e. The first-order chi connectivity index (χ1) is 55.3. The summed E-state index contributed by atoms with van der Waals surface area (Å²) in [5.41, 5.74) is 38.3. The van der Waals surface area contributed by atoms with Crippen LogP contribution in [0.15, 0.2) is 262 Å². The first-order valence-electron chi connectivity index (χ1n) is 39.6. The van der Waals surface area contributed by atoms with Gasteiger partial charge in [-0.05, 0) is 191 Å². The molecule has 0 spiro atoms. The third-order valence-electron chi connectivity index (χ3n) is 25.2. The molecule has 0 aliphatic carbocycles. The van der Waals surface area contributed by atoms with Gasteiger partial charge in [-0.25, -0.2) is 0 Å². The Morgan fingerprint density at radius 1 is 0.289 bits per heavy atom. The van der Waals surface area contributed by atoms with E-state index in [1.165, 1.54) is 54.9 Å². The van der Waals surface area contributed by atoms with Crippen LogP contribution in [-0.2, 0) is 16.2 Å². The SMILES string of the molecule is CSN1c2cc3c(cc2B2c4ccccc4Oc4cc(-c5cccc6c5oc5c(C(C)(C)C)cccc56)cc1c42)B1c2cc4c(cc2N(SC)c2cc(-c5cccc6c5oc5c(C(C)(C)C)cccc56)cc(c21)N3SC)Nc1cc(-c2cccc3c2oc2c(C(C)(C)C)cccc23)cc2c1B4c1ccccc1N2c1ccccc1. The number of benzene rings is 14. The van der Waals surface area contributed by atoms with Crippen LogP contribution in [0.4, 0.5) is 62.6 Å². The average molecular weight is 1530 g/mol. The molecule has 17 aromatic rings. The van der Waals surface area contributed by atoms with Gasteiger partial charge in [0, 0.05) is 130 Å². The number of furan rings is 3. The monoisotopic (exact) mass is 1530 g/mol. The molecule has 114 heavy (non-hydrogen) atoms. The second kappa shape index (κ2) is 24.3. The Labute approximate surface area is 677 Å². The number of para-hydroxylation sites is 9. The van der Waals surface area contributed by atoms with Gasteiger partial charge in [-0.3, -0.25) is 12.9 Å². The molecule has 0 fully saturated rings. The molecule has 0 bridgehead atoms. The van der Waals surface area contributed by atoms with E-state index < -0.39 is 0 Å². The van der Waals surface area contributed by atoms with E-state index in [0.29, 0.717) is 0 Å². The Balaban J connectivity index is 0.767. The number of hydrogen-bond donors (Lipinski definition) is 1. The number of nitrogens with zero attached hydrogens (tertiary/aromatic N) is 4.